The van der Waals surface area contributed by atoms with Crippen molar-refractivity contribution in [2.24, 2.45) is 0 Å². The van der Waals surface area contributed by atoms with E-state index in [9.17, 15) is 8.78 Å². The predicted octanol–water partition coefficient (Wildman–Crippen LogP) is 2.91. The first-order chi connectivity index (χ1) is 7.91. The highest BCUT2D eigenvalue weighted by atomic mass is 19.3. The quantitative estimate of drug-likeness (QED) is 0.799. The van der Waals surface area contributed by atoms with Gasteiger partial charge in [-0.2, -0.15) is 0 Å². The summed E-state index contributed by atoms with van der Waals surface area (Å²) in [5, 5.41) is 0. The van der Waals surface area contributed by atoms with E-state index in [4.69, 9.17) is 14.2 Å². The second kappa shape index (κ2) is 5.21. The van der Waals surface area contributed by atoms with Gasteiger partial charge in [-0.1, -0.05) is 0 Å². The summed E-state index contributed by atoms with van der Waals surface area (Å²) in [5.41, 5.74) is 0.437. The minimum atomic E-state index is -2.77. The molecule has 1 rings (SSSR count). The Morgan fingerprint density at radius 3 is 1.76 bits per heavy atom. The predicted molar refractivity (Wildman–Crippen MR) is 60.4 cm³/mol. The summed E-state index contributed by atoms with van der Waals surface area (Å²) < 4.78 is 41.2. The van der Waals surface area contributed by atoms with Crippen LogP contribution in [0, 0.1) is 0 Å². The monoisotopic (exact) mass is 246 g/mol. The van der Waals surface area contributed by atoms with Gasteiger partial charge >= 0.3 is 0 Å². The van der Waals surface area contributed by atoms with Crippen LogP contribution in [0.2, 0.25) is 0 Å². The first kappa shape index (κ1) is 13.5. The summed E-state index contributed by atoms with van der Waals surface area (Å²) in [4.78, 5) is 0. The highest BCUT2D eigenvalue weighted by Gasteiger charge is 2.23. The van der Waals surface area contributed by atoms with Gasteiger partial charge in [-0.25, -0.2) is 8.78 Å². The molecule has 0 aromatic heterocycles. The van der Waals surface area contributed by atoms with Crippen molar-refractivity contribution >= 4 is 0 Å². The average molecular weight is 246 g/mol. The van der Waals surface area contributed by atoms with Crippen LogP contribution in [0.1, 0.15) is 12.5 Å². The average Bonchev–Trinajstić information content (AvgIpc) is 2.25. The number of rotatable bonds is 5. The van der Waals surface area contributed by atoms with E-state index in [1.807, 2.05) is 0 Å². The molecule has 0 atom stereocenters. The van der Waals surface area contributed by atoms with Gasteiger partial charge in [0.2, 0.25) is 11.7 Å². The number of ether oxygens (including phenoxy) is 3. The number of hydrogen-bond donors (Lipinski definition) is 0. The van der Waals surface area contributed by atoms with Crippen LogP contribution in [0.25, 0.3) is 0 Å². The molecular weight excluding hydrogens is 230 g/mol. The van der Waals surface area contributed by atoms with Crippen LogP contribution >= 0.6 is 0 Å². The van der Waals surface area contributed by atoms with Gasteiger partial charge in [-0.3, -0.25) is 0 Å². The molecule has 0 spiro atoms. The highest BCUT2D eigenvalue weighted by Crippen LogP contribution is 2.39. The Kier molecular flexibility index (Phi) is 4.15. The van der Waals surface area contributed by atoms with Gasteiger partial charge in [-0.15, -0.1) is 0 Å². The molecule has 1 aromatic rings. The van der Waals surface area contributed by atoms with E-state index in [-0.39, 0.29) is 6.42 Å². The van der Waals surface area contributed by atoms with E-state index < -0.39 is 5.92 Å². The normalized spacial score (nSPS) is 11.2. The molecule has 0 bridgehead atoms. The van der Waals surface area contributed by atoms with Crippen LogP contribution in [0.5, 0.6) is 17.2 Å². The van der Waals surface area contributed by atoms with E-state index >= 15 is 0 Å². The summed E-state index contributed by atoms with van der Waals surface area (Å²) in [5.74, 6) is -1.61. The molecule has 1 aromatic carbocycles. The van der Waals surface area contributed by atoms with Gasteiger partial charge in [0.25, 0.3) is 0 Å². The summed E-state index contributed by atoms with van der Waals surface area (Å²) in [6.45, 7) is 0.871. The molecule has 0 saturated heterocycles. The maximum Gasteiger partial charge on any atom is 0.249 e. The fourth-order valence-corrected chi connectivity index (χ4v) is 1.60. The van der Waals surface area contributed by atoms with E-state index in [0.29, 0.717) is 22.8 Å². The van der Waals surface area contributed by atoms with Crippen molar-refractivity contribution in [2.75, 3.05) is 21.3 Å². The summed E-state index contributed by atoms with van der Waals surface area (Å²) in [7, 11) is 4.37. The van der Waals surface area contributed by atoms with Crippen molar-refractivity contribution in [3.8, 4) is 17.2 Å². The Morgan fingerprint density at radius 2 is 1.47 bits per heavy atom. The topological polar surface area (TPSA) is 27.7 Å². The molecule has 0 heterocycles. The Balaban J connectivity index is 3.18. The van der Waals surface area contributed by atoms with Crippen molar-refractivity contribution in [3.63, 3.8) is 0 Å². The maximum absolute atomic E-state index is 12.9. The van der Waals surface area contributed by atoms with Crippen LogP contribution in [-0.2, 0) is 6.42 Å². The lowest BCUT2D eigenvalue weighted by Crippen LogP contribution is -2.13. The maximum atomic E-state index is 12.9. The van der Waals surface area contributed by atoms with Gasteiger partial charge in [0.1, 0.15) is 0 Å². The van der Waals surface area contributed by atoms with Crippen LogP contribution in [0.4, 0.5) is 8.78 Å². The molecule has 0 unspecified atom stereocenters. The van der Waals surface area contributed by atoms with E-state index in [1.54, 1.807) is 0 Å². The van der Waals surface area contributed by atoms with Gasteiger partial charge in [0, 0.05) is 6.42 Å². The lowest BCUT2D eigenvalue weighted by molar-refractivity contribution is 0.0225. The molecule has 3 nitrogen and oxygen atoms in total. The number of methoxy groups -OCH3 is 3. The van der Waals surface area contributed by atoms with Crippen LogP contribution in [-0.4, -0.2) is 27.3 Å². The number of hydrogen-bond acceptors (Lipinski definition) is 3. The molecule has 0 amide bonds. The Bertz CT molecular complexity index is 361. The lowest BCUT2D eigenvalue weighted by atomic mass is 10.1. The van der Waals surface area contributed by atoms with Crippen molar-refractivity contribution in [3.05, 3.63) is 17.7 Å². The molecule has 0 N–H and O–H groups in total. The zero-order valence-electron chi connectivity index (χ0n) is 10.3. The van der Waals surface area contributed by atoms with Crippen molar-refractivity contribution in [2.45, 2.75) is 19.3 Å². The molecule has 0 aliphatic rings. The zero-order chi connectivity index (χ0) is 13.1. The zero-order valence-corrected chi connectivity index (χ0v) is 10.3. The van der Waals surface area contributed by atoms with E-state index in [0.717, 1.165) is 6.92 Å². The Hall–Kier alpha value is -1.52. The summed E-state index contributed by atoms with van der Waals surface area (Å²) >= 11 is 0. The van der Waals surface area contributed by atoms with Gasteiger partial charge in [0.05, 0.1) is 21.3 Å². The Morgan fingerprint density at radius 1 is 1.00 bits per heavy atom. The molecule has 0 radical (unpaired) electrons. The third kappa shape index (κ3) is 3.47. The summed E-state index contributed by atoms with van der Waals surface area (Å²) in [6, 6.07) is 3.05. The number of benzene rings is 1. The Labute approximate surface area is 99.3 Å². The molecule has 5 heteroatoms. The van der Waals surface area contributed by atoms with Gasteiger partial charge in [0.15, 0.2) is 11.5 Å². The first-order valence-electron chi connectivity index (χ1n) is 5.08. The SMILES string of the molecule is COc1cc(CC(C)(F)F)cc(OC)c1OC. The molecular formula is C12H16F2O3. The second-order valence-electron chi connectivity index (χ2n) is 3.78. The van der Waals surface area contributed by atoms with Crippen molar-refractivity contribution in [1.29, 1.82) is 0 Å². The van der Waals surface area contributed by atoms with Crippen LogP contribution < -0.4 is 14.2 Å². The lowest BCUT2D eigenvalue weighted by Gasteiger charge is -2.16. The molecule has 0 fully saturated rings. The molecule has 0 saturated carbocycles. The van der Waals surface area contributed by atoms with E-state index in [2.05, 4.69) is 0 Å². The van der Waals surface area contributed by atoms with Crippen LogP contribution in [0.15, 0.2) is 12.1 Å². The standard InChI is InChI=1S/C12H16F2O3/c1-12(13,14)7-8-5-9(15-2)11(17-4)10(6-8)16-3/h5-6H,7H2,1-4H3. The number of halogens is 2. The van der Waals surface area contributed by atoms with Crippen molar-refractivity contribution < 1.29 is 23.0 Å². The van der Waals surface area contributed by atoms with Crippen molar-refractivity contribution in [1.82, 2.24) is 0 Å². The third-order valence-electron chi connectivity index (χ3n) is 2.24. The highest BCUT2D eigenvalue weighted by molar-refractivity contribution is 5.54. The molecule has 0 aliphatic carbocycles. The number of alkyl halides is 2. The van der Waals surface area contributed by atoms with Gasteiger partial charge in [-0.05, 0) is 24.6 Å². The molecule has 96 valence electrons. The largest absolute Gasteiger partial charge is 0.493 e. The van der Waals surface area contributed by atoms with E-state index in [1.165, 1.54) is 33.5 Å². The first-order valence-corrected chi connectivity index (χ1v) is 5.08. The summed E-state index contributed by atoms with van der Waals surface area (Å²) in [6.07, 6.45) is -0.371. The second-order valence-corrected chi connectivity index (χ2v) is 3.78. The van der Waals surface area contributed by atoms with Gasteiger partial charge < -0.3 is 14.2 Å². The molecule has 17 heavy (non-hydrogen) atoms. The third-order valence-corrected chi connectivity index (χ3v) is 2.24. The minimum Gasteiger partial charge on any atom is -0.493 e. The molecule has 0 aliphatic heterocycles. The fourth-order valence-electron chi connectivity index (χ4n) is 1.60. The smallest absolute Gasteiger partial charge is 0.249 e. The minimum absolute atomic E-state index is 0.371. The fraction of sp³-hybridized carbons (Fsp3) is 0.500. The van der Waals surface area contributed by atoms with Crippen LogP contribution in [0.3, 0.4) is 0 Å².